The Bertz CT molecular complexity index is 253. The topological polar surface area (TPSA) is 55.1 Å². The van der Waals surface area contributed by atoms with E-state index in [1.165, 1.54) is 12.8 Å². The summed E-state index contributed by atoms with van der Waals surface area (Å²) in [5.74, 6) is 0.205. The standard InChI is InChI=1S/C11H20N2OS/c1-15-9-4-2-3-8(9)13-10(14)11(7-12)5-6-11/h8-9H,2-7,12H2,1H3,(H,13,14). The highest BCUT2D eigenvalue weighted by Crippen LogP contribution is 2.45. The summed E-state index contributed by atoms with van der Waals surface area (Å²) in [6.45, 7) is 0.509. The van der Waals surface area contributed by atoms with E-state index in [4.69, 9.17) is 5.73 Å². The van der Waals surface area contributed by atoms with Crippen LogP contribution in [0.15, 0.2) is 0 Å². The molecule has 2 atom stereocenters. The lowest BCUT2D eigenvalue weighted by molar-refractivity contribution is -0.126. The average Bonchev–Trinajstić information content (AvgIpc) is 2.94. The van der Waals surface area contributed by atoms with Gasteiger partial charge in [-0.1, -0.05) is 6.42 Å². The van der Waals surface area contributed by atoms with Gasteiger partial charge in [0.1, 0.15) is 0 Å². The number of carbonyl (C=O) groups is 1. The van der Waals surface area contributed by atoms with E-state index in [0.717, 1.165) is 19.3 Å². The molecule has 0 aromatic carbocycles. The van der Waals surface area contributed by atoms with Crippen molar-refractivity contribution < 1.29 is 4.79 Å². The lowest BCUT2D eigenvalue weighted by Gasteiger charge is -2.22. The van der Waals surface area contributed by atoms with E-state index in [2.05, 4.69) is 11.6 Å². The van der Waals surface area contributed by atoms with Crippen LogP contribution in [-0.4, -0.2) is 30.0 Å². The molecule has 2 fully saturated rings. The van der Waals surface area contributed by atoms with Gasteiger partial charge in [-0.3, -0.25) is 4.79 Å². The van der Waals surface area contributed by atoms with Gasteiger partial charge in [-0.05, 0) is 31.9 Å². The van der Waals surface area contributed by atoms with Gasteiger partial charge in [-0.15, -0.1) is 0 Å². The van der Waals surface area contributed by atoms with Gasteiger partial charge >= 0.3 is 0 Å². The van der Waals surface area contributed by atoms with E-state index >= 15 is 0 Å². The molecule has 0 heterocycles. The van der Waals surface area contributed by atoms with Gasteiger partial charge in [-0.2, -0.15) is 11.8 Å². The largest absolute Gasteiger partial charge is 0.352 e. The van der Waals surface area contributed by atoms with Crippen molar-refractivity contribution in [2.75, 3.05) is 12.8 Å². The molecule has 3 N–H and O–H groups in total. The molecule has 86 valence electrons. The molecule has 2 rings (SSSR count). The van der Waals surface area contributed by atoms with Crippen LogP contribution in [0, 0.1) is 5.41 Å². The third-order valence-corrected chi connectivity index (χ3v) is 4.97. The molecule has 0 aromatic heterocycles. The van der Waals surface area contributed by atoms with E-state index in [0.29, 0.717) is 17.8 Å². The maximum atomic E-state index is 12.0. The van der Waals surface area contributed by atoms with Crippen LogP contribution >= 0.6 is 11.8 Å². The Morgan fingerprint density at radius 2 is 2.27 bits per heavy atom. The number of amides is 1. The van der Waals surface area contributed by atoms with Gasteiger partial charge < -0.3 is 11.1 Å². The van der Waals surface area contributed by atoms with Gasteiger partial charge in [0.05, 0.1) is 5.41 Å². The minimum absolute atomic E-state index is 0.189. The average molecular weight is 228 g/mol. The van der Waals surface area contributed by atoms with Crippen molar-refractivity contribution >= 4 is 17.7 Å². The Hall–Kier alpha value is -0.220. The number of hydrogen-bond donors (Lipinski definition) is 2. The summed E-state index contributed by atoms with van der Waals surface area (Å²) in [4.78, 5) is 12.0. The van der Waals surface area contributed by atoms with Gasteiger partial charge in [0.15, 0.2) is 0 Å². The van der Waals surface area contributed by atoms with Crippen molar-refractivity contribution in [2.24, 2.45) is 11.1 Å². The number of nitrogens with two attached hydrogens (primary N) is 1. The molecule has 0 aromatic rings. The molecule has 4 heteroatoms. The highest BCUT2D eigenvalue weighted by molar-refractivity contribution is 7.99. The molecule has 2 unspecified atom stereocenters. The summed E-state index contributed by atoms with van der Waals surface area (Å²) >= 11 is 1.88. The Balaban J connectivity index is 1.88. The van der Waals surface area contributed by atoms with Crippen molar-refractivity contribution in [2.45, 2.75) is 43.4 Å². The molecular weight excluding hydrogens is 208 g/mol. The fourth-order valence-electron chi connectivity index (χ4n) is 2.37. The number of rotatable bonds is 4. The Kier molecular flexibility index (Phi) is 3.26. The van der Waals surface area contributed by atoms with Crippen LogP contribution in [0.25, 0.3) is 0 Å². The zero-order valence-electron chi connectivity index (χ0n) is 9.29. The molecular formula is C11H20N2OS. The maximum absolute atomic E-state index is 12.0. The molecule has 2 saturated carbocycles. The van der Waals surface area contributed by atoms with Crippen molar-refractivity contribution in [1.82, 2.24) is 5.32 Å². The summed E-state index contributed by atoms with van der Waals surface area (Å²) in [5, 5.41) is 3.81. The molecule has 0 radical (unpaired) electrons. The second-order valence-corrected chi connectivity index (χ2v) is 5.85. The second kappa shape index (κ2) is 4.34. The SMILES string of the molecule is CSC1CCCC1NC(=O)C1(CN)CC1. The van der Waals surface area contributed by atoms with Crippen molar-refractivity contribution in [1.29, 1.82) is 0 Å². The van der Waals surface area contributed by atoms with E-state index < -0.39 is 0 Å². The molecule has 0 saturated heterocycles. The predicted octanol–water partition coefficient (Wildman–Crippen LogP) is 1.13. The lowest BCUT2D eigenvalue weighted by Crippen LogP contribution is -2.44. The first kappa shape index (κ1) is 11.3. The third-order valence-electron chi connectivity index (χ3n) is 3.80. The monoisotopic (exact) mass is 228 g/mol. The Labute approximate surface area is 95.6 Å². The van der Waals surface area contributed by atoms with Crippen LogP contribution in [0.5, 0.6) is 0 Å². The predicted molar refractivity (Wildman–Crippen MR) is 63.8 cm³/mol. The number of nitrogens with one attached hydrogen (secondary N) is 1. The van der Waals surface area contributed by atoms with Crippen LogP contribution in [0.1, 0.15) is 32.1 Å². The fraction of sp³-hybridized carbons (Fsp3) is 0.909. The zero-order valence-corrected chi connectivity index (χ0v) is 10.1. The highest BCUT2D eigenvalue weighted by Gasteiger charge is 2.49. The van der Waals surface area contributed by atoms with Crippen LogP contribution in [0.3, 0.4) is 0 Å². The highest BCUT2D eigenvalue weighted by atomic mass is 32.2. The quantitative estimate of drug-likeness (QED) is 0.758. The molecule has 2 aliphatic carbocycles. The van der Waals surface area contributed by atoms with Crippen LogP contribution in [-0.2, 0) is 4.79 Å². The molecule has 0 bridgehead atoms. The number of thioether (sulfide) groups is 1. The van der Waals surface area contributed by atoms with Crippen molar-refractivity contribution in [3.63, 3.8) is 0 Å². The molecule has 0 aliphatic heterocycles. The second-order valence-electron chi connectivity index (χ2n) is 4.77. The number of carbonyl (C=O) groups excluding carboxylic acids is 1. The van der Waals surface area contributed by atoms with Crippen molar-refractivity contribution in [3.05, 3.63) is 0 Å². The first-order valence-electron chi connectivity index (χ1n) is 5.76. The lowest BCUT2D eigenvalue weighted by atomic mass is 10.1. The molecule has 2 aliphatic rings. The van der Waals surface area contributed by atoms with Crippen LogP contribution in [0.2, 0.25) is 0 Å². The van der Waals surface area contributed by atoms with E-state index in [-0.39, 0.29) is 11.3 Å². The van der Waals surface area contributed by atoms with Crippen LogP contribution in [0.4, 0.5) is 0 Å². The summed E-state index contributed by atoms with van der Waals surface area (Å²) in [6, 6.07) is 0.386. The minimum atomic E-state index is -0.189. The van der Waals surface area contributed by atoms with Crippen molar-refractivity contribution in [3.8, 4) is 0 Å². The summed E-state index contributed by atoms with van der Waals surface area (Å²) < 4.78 is 0. The smallest absolute Gasteiger partial charge is 0.227 e. The summed E-state index contributed by atoms with van der Waals surface area (Å²) in [5.41, 5.74) is 5.46. The molecule has 0 spiro atoms. The number of hydrogen-bond acceptors (Lipinski definition) is 3. The normalized spacial score (nSPS) is 32.7. The molecule has 15 heavy (non-hydrogen) atoms. The minimum Gasteiger partial charge on any atom is -0.352 e. The Morgan fingerprint density at radius 1 is 1.53 bits per heavy atom. The van der Waals surface area contributed by atoms with Gasteiger partial charge in [-0.25, -0.2) is 0 Å². The maximum Gasteiger partial charge on any atom is 0.227 e. The van der Waals surface area contributed by atoms with Crippen LogP contribution < -0.4 is 11.1 Å². The fourth-order valence-corrected chi connectivity index (χ4v) is 3.30. The van der Waals surface area contributed by atoms with Gasteiger partial charge in [0.25, 0.3) is 0 Å². The first-order chi connectivity index (χ1) is 7.22. The molecule has 1 amide bonds. The Morgan fingerprint density at radius 3 is 2.80 bits per heavy atom. The zero-order chi connectivity index (χ0) is 10.9. The summed E-state index contributed by atoms with van der Waals surface area (Å²) in [7, 11) is 0. The van der Waals surface area contributed by atoms with E-state index in [1.807, 2.05) is 11.8 Å². The third kappa shape index (κ3) is 2.16. The van der Waals surface area contributed by atoms with E-state index in [1.54, 1.807) is 0 Å². The summed E-state index contributed by atoms with van der Waals surface area (Å²) in [6.07, 6.45) is 7.70. The molecule has 3 nitrogen and oxygen atoms in total. The van der Waals surface area contributed by atoms with E-state index in [9.17, 15) is 4.79 Å². The van der Waals surface area contributed by atoms with Gasteiger partial charge in [0, 0.05) is 17.8 Å². The first-order valence-corrected chi connectivity index (χ1v) is 7.04. The van der Waals surface area contributed by atoms with Gasteiger partial charge in [0.2, 0.25) is 5.91 Å².